The van der Waals surface area contributed by atoms with E-state index < -0.39 is 0 Å². The van der Waals surface area contributed by atoms with Gasteiger partial charge in [-0.1, -0.05) is 69.2 Å². The van der Waals surface area contributed by atoms with Crippen LogP contribution >= 0.6 is 0 Å². The Morgan fingerprint density at radius 3 is 0.909 bits per heavy atom. The van der Waals surface area contributed by atoms with Gasteiger partial charge in [0, 0.05) is 0 Å². The lowest BCUT2D eigenvalue weighted by molar-refractivity contribution is 0.286. The van der Waals surface area contributed by atoms with E-state index in [9.17, 15) is 0 Å². The van der Waals surface area contributed by atoms with Gasteiger partial charge in [-0.3, -0.25) is 0 Å². The molecule has 0 saturated carbocycles. The molecule has 0 heteroatoms. The molecule has 0 heterocycles. The van der Waals surface area contributed by atoms with E-state index in [1.54, 1.807) is 0 Å². The maximum absolute atomic E-state index is 2.35. The molecule has 0 rings (SSSR count). The molecule has 0 aromatic heterocycles. The largest absolute Gasteiger partial charge is 0.0776 e. The molecule has 0 saturated heterocycles. The minimum atomic E-state index is 0. The molecule has 0 N–H and O–H groups in total. The summed E-state index contributed by atoms with van der Waals surface area (Å²) in [5.41, 5.74) is 0.625. The van der Waals surface area contributed by atoms with Crippen molar-refractivity contribution in [3.05, 3.63) is 0 Å². The van der Waals surface area contributed by atoms with Crippen LogP contribution in [0.15, 0.2) is 0 Å². The van der Waals surface area contributed by atoms with E-state index in [0.717, 1.165) is 0 Å². The number of rotatable bonds is 3. The maximum atomic E-state index is 2.35. The lowest BCUT2D eigenvalue weighted by atomic mass is 9.82. The fourth-order valence-electron chi connectivity index (χ4n) is 0.750. The molecule has 0 atom stereocenters. The van der Waals surface area contributed by atoms with E-state index in [-0.39, 0.29) is 22.3 Å². The minimum Gasteiger partial charge on any atom is -0.0776 e. The highest BCUT2D eigenvalue weighted by molar-refractivity contribution is 4.67. The van der Waals surface area contributed by atoms with Crippen molar-refractivity contribution < 1.29 is 0 Å². The first-order valence-electron chi connectivity index (χ1n) is 3.68. The molecule has 0 aliphatic carbocycles. The summed E-state index contributed by atoms with van der Waals surface area (Å²) in [6, 6.07) is 0. The average Bonchev–Trinajstić information content (AvgIpc) is 1.87. The summed E-state index contributed by atoms with van der Waals surface area (Å²) in [5, 5.41) is 0. The Morgan fingerprint density at radius 1 is 0.727 bits per heavy atom. The van der Waals surface area contributed by atoms with E-state index in [1.165, 1.54) is 19.3 Å². The Labute approximate surface area is 75.4 Å². The van der Waals surface area contributed by atoms with Crippen LogP contribution in [0.2, 0.25) is 0 Å². The van der Waals surface area contributed by atoms with E-state index in [1.807, 2.05) is 0 Å². The first-order valence-corrected chi connectivity index (χ1v) is 3.68. The summed E-state index contributed by atoms with van der Waals surface area (Å²) in [4.78, 5) is 0. The van der Waals surface area contributed by atoms with E-state index in [4.69, 9.17) is 0 Å². The molecule has 0 aromatic carbocycles. The molecule has 0 nitrogen and oxygen atoms in total. The van der Waals surface area contributed by atoms with Gasteiger partial charge in [-0.05, 0) is 5.41 Å². The summed E-state index contributed by atoms with van der Waals surface area (Å²) in [6.45, 7) is 9.17. The quantitative estimate of drug-likeness (QED) is 0.539. The summed E-state index contributed by atoms with van der Waals surface area (Å²) >= 11 is 0. The number of hydrogen-bond acceptors (Lipinski definition) is 0. The predicted octanol–water partition coefficient (Wildman–Crippen LogP) is 5.13. The Bertz CT molecular complexity index is 42.8. The molecule has 0 bridgehead atoms. The molecule has 0 spiro atoms. The highest BCUT2D eigenvalue weighted by Crippen LogP contribution is 2.28. The van der Waals surface area contributed by atoms with Crippen LogP contribution in [-0.2, 0) is 0 Å². The second-order valence-electron chi connectivity index (χ2n) is 2.87. The van der Waals surface area contributed by atoms with Gasteiger partial charge in [-0.15, -0.1) is 0 Å². The van der Waals surface area contributed by atoms with E-state index in [0.29, 0.717) is 5.41 Å². The van der Waals surface area contributed by atoms with Gasteiger partial charge in [-0.25, -0.2) is 0 Å². The lowest BCUT2D eigenvalue weighted by Gasteiger charge is -2.23. The van der Waals surface area contributed by atoms with Crippen LogP contribution in [0.5, 0.6) is 0 Å². The Morgan fingerprint density at radius 2 is 0.909 bits per heavy atom. The predicted molar refractivity (Wildman–Crippen MR) is 59.2 cm³/mol. The summed E-state index contributed by atoms with van der Waals surface area (Å²) in [5.74, 6) is 0. The second kappa shape index (κ2) is 10.0. The van der Waals surface area contributed by atoms with Crippen molar-refractivity contribution in [2.45, 2.75) is 69.2 Å². The molecular formula is C11H30. The van der Waals surface area contributed by atoms with Crippen LogP contribution in [0, 0.1) is 5.41 Å². The molecule has 0 aromatic rings. The lowest BCUT2D eigenvalue weighted by Crippen LogP contribution is -2.10. The smallest absolute Gasteiger partial charge is 0.0334 e. The van der Waals surface area contributed by atoms with Gasteiger partial charge in [0.2, 0.25) is 0 Å². The van der Waals surface area contributed by atoms with Crippen molar-refractivity contribution in [2.24, 2.45) is 5.41 Å². The summed E-state index contributed by atoms with van der Waals surface area (Å²) < 4.78 is 0. The van der Waals surface area contributed by atoms with Crippen molar-refractivity contribution in [1.82, 2.24) is 0 Å². The van der Waals surface area contributed by atoms with Gasteiger partial charge in [0.05, 0.1) is 0 Å². The van der Waals surface area contributed by atoms with Crippen LogP contribution in [0.25, 0.3) is 0 Å². The first-order chi connectivity index (χ1) is 3.68. The van der Waals surface area contributed by atoms with Crippen LogP contribution in [0.4, 0.5) is 0 Å². The van der Waals surface area contributed by atoms with Gasteiger partial charge in [0.25, 0.3) is 0 Å². The Hall–Kier alpha value is 0. The minimum absolute atomic E-state index is 0. The summed E-state index contributed by atoms with van der Waals surface area (Å²) in [6.07, 6.45) is 3.96. The van der Waals surface area contributed by atoms with Gasteiger partial charge >= 0.3 is 0 Å². The van der Waals surface area contributed by atoms with Gasteiger partial charge in [-0.2, -0.15) is 0 Å². The monoisotopic (exact) mass is 162 g/mol. The SMILES string of the molecule is C.C.C.CCC(C)(CC)CC. The molecule has 0 aliphatic rings. The third-order valence-corrected chi connectivity index (χ3v) is 2.56. The van der Waals surface area contributed by atoms with Crippen LogP contribution in [-0.4, -0.2) is 0 Å². The van der Waals surface area contributed by atoms with Crippen molar-refractivity contribution in [1.29, 1.82) is 0 Å². The maximum Gasteiger partial charge on any atom is -0.0334 e. The third kappa shape index (κ3) is 7.90. The molecule has 11 heavy (non-hydrogen) atoms. The fraction of sp³-hybridized carbons (Fsp3) is 1.00. The van der Waals surface area contributed by atoms with Crippen molar-refractivity contribution in [3.63, 3.8) is 0 Å². The van der Waals surface area contributed by atoms with Crippen LogP contribution in [0.1, 0.15) is 69.2 Å². The highest BCUT2D eigenvalue weighted by Gasteiger charge is 2.15. The van der Waals surface area contributed by atoms with Crippen LogP contribution in [0.3, 0.4) is 0 Å². The summed E-state index contributed by atoms with van der Waals surface area (Å²) in [7, 11) is 0. The van der Waals surface area contributed by atoms with Crippen molar-refractivity contribution in [3.8, 4) is 0 Å². The van der Waals surface area contributed by atoms with Crippen molar-refractivity contribution in [2.75, 3.05) is 0 Å². The normalized spacial score (nSPS) is 8.73. The van der Waals surface area contributed by atoms with Crippen molar-refractivity contribution >= 4 is 0 Å². The second-order valence-corrected chi connectivity index (χ2v) is 2.87. The fourth-order valence-corrected chi connectivity index (χ4v) is 0.750. The molecule has 0 unspecified atom stereocenters. The molecular weight excluding hydrogens is 132 g/mol. The molecule has 0 aliphatic heterocycles. The first kappa shape index (κ1) is 22.4. The third-order valence-electron chi connectivity index (χ3n) is 2.56. The Kier molecular flexibility index (Phi) is 20.4. The van der Waals surface area contributed by atoms with Crippen LogP contribution < -0.4 is 0 Å². The van der Waals surface area contributed by atoms with Gasteiger partial charge < -0.3 is 0 Å². The van der Waals surface area contributed by atoms with Gasteiger partial charge in [0.1, 0.15) is 0 Å². The van der Waals surface area contributed by atoms with E-state index in [2.05, 4.69) is 27.7 Å². The molecule has 74 valence electrons. The molecule has 0 radical (unpaired) electrons. The Balaban J connectivity index is -0.0000000817. The van der Waals surface area contributed by atoms with E-state index >= 15 is 0 Å². The highest BCUT2D eigenvalue weighted by atomic mass is 14.2. The average molecular weight is 162 g/mol. The molecule has 0 fully saturated rings. The topological polar surface area (TPSA) is 0 Å². The zero-order chi connectivity index (χ0) is 6.62. The molecule has 0 amide bonds. The number of hydrogen-bond donors (Lipinski definition) is 0. The zero-order valence-corrected chi connectivity index (χ0v) is 6.62. The zero-order valence-electron chi connectivity index (χ0n) is 6.62. The van der Waals surface area contributed by atoms with Gasteiger partial charge in [0.15, 0.2) is 0 Å². The standard InChI is InChI=1S/C8H18.3CH4/c1-5-8(4,6-2)7-3;;;/h5-7H2,1-4H3;3*1H4.